The summed E-state index contributed by atoms with van der Waals surface area (Å²) in [6.45, 7) is 1.75. The van der Waals surface area contributed by atoms with Crippen LogP contribution in [0.25, 0.3) is 22.2 Å². The molecule has 0 bridgehead atoms. The molecule has 0 amide bonds. The summed E-state index contributed by atoms with van der Waals surface area (Å²) >= 11 is 0. The molecule has 1 atom stereocenters. The van der Waals surface area contributed by atoms with Gasteiger partial charge in [-0.25, -0.2) is 14.4 Å². The highest BCUT2D eigenvalue weighted by atomic mass is 19.4. The topological polar surface area (TPSA) is 75.2 Å². The second kappa shape index (κ2) is 9.22. The number of hydrogen-bond donors (Lipinski definition) is 2. The molecule has 4 aromatic rings. The Kier molecular flexibility index (Phi) is 6.18. The Labute approximate surface area is 211 Å². The number of nitrogens with one attached hydrogen (secondary N) is 1. The van der Waals surface area contributed by atoms with Crippen molar-refractivity contribution in [1.82, 2.24) is 19.4 Å². The van der Waals surface area contributed by atoms with Gasteiger partial charge in [0.1, 0.15) is 11.4 Å². The van der Waals surface area contributed by atoms with Crippen molar-refractivity contribution in [2.75, 3.05) is 43.1 Å². The van der Waals surface area contributed by atoms with E-state index in [-0.39, 0.29) is 22.7 Å². The van der Waals surface area contributed by atoms with Gasteiger partial charge in [-0.3, -0.25) is 0 Å². The Balaban J connectivity index is 1.49. The van der Waals surface area contributed by atoms with E-state index in [2.05, 4.69) is 39.2 Å². The summed E-state index contributed by atoms with van der Waals surface area (Å²) in [6, 6.07) is 10.1. The van der Waals surface area contributed by atoms with Crippen molar-refractivity contribution in [3.05, 3.63) is 60.2 Å². The molecule has 1 fully saturated rings. The number of nitrogens with zero attached hydrogens (tertiary/aromatic N) is 5. The molecule has 0 radical (unpaired) electrons. The first-order valence-corrected chi connectivity index (χ1v) is 11.8. The fraction of sp³-hybridized carbons (Fsp3) is 0.308. The maximum atomic E-state index is 14.4. The smallest absolute Gasteiger partial charge is 0.397 e. The maximum absolute atomic E-state index is 14.4. The first-order chi connectivity index (χ1) is 17.5. The van der Waals surface area contributed by atoms with Gasteiger partial charge in [-0.05, 0) is 44.8 Å². The summed E-state index contributed by atoms with van der Waals surface area (Å²) in [7, 11) is 5.68. The molecular formula is C26H27F4N7. The lowest BCUT2D eigenvalue weighted by atomic mass is 10.1. The Bertz CT molecular complexity index is 1460. The van der Waals surface area contributed by atoms with Crippen molar-refractivity contribution in [3.63, 3.8) is 0 Å². The maximum Gasteiger partial charge on any atom is 0.419 e. The molecule has 194 valence electrons. The van der Waals surface area contributed by atoms with Crippen molar-refractivity contribution in [2.45, 2.75) is 18.6 Å². The van der Waals surface area contributed by atoms with Crippen LogP contribution in [0.5, 0.6) is 0 Å². The fourth-order valence-electron chi connectivity index (χ4n) is 4.89. The van der Waals surface area contributed by atoms with Crippen molar-refractivity contribution < 1.29 is 17.6 Å². The highest BCUT2D eigenvalue weighted by molar-refractivity contribution is 5.96. The molecule has 37 heavy (non-hydrogen) atoms. The SMILES string of the molecule is CN(C)[C@@H]1CCN(c2ccc(Nc3ncc(C(F)(F)F)c(-c4cn(C)c5c(F)cccc45)n3)cc2N)C1. The van der Waals surface area contributed by atoms with E-state index in [0.29, 0.717) is 22.8 Å². The van der Waals surface area contributed by atoms with Crippen LogP contribution in [0.1, 0.15) is 12.0 Å². The van der Waals surface area contributed by atoms with E-state index in [1.165, 1.54) is 22.9 Å². The number of halogens is 4. The molecule has 3 N–H and O–H groups in total. The monoisotopic (exact) mass is 513 g/mol. The Morgan fingerprint density at radius 2 is 1.95 bits per heavy atom. The summed E-state index contributed by atoms with van der Waals surface area (Å²) in [5.41, 5.74) is 7.34. The highest BCUT2D eigenvalue weighted by Crippen LogP contribution is 2.40. The number of anilines is 4. The number of benzene rings is 2. The molecule has 0 aliphatic carbocycles. The third-order valence-corrected chi connectivity index (χ3v) is 6.82. The molecule has 11 heteroatoms. The Hall–Kier alpha value is -3.86. The molecule has 1 aliphatic rings. The first kappa shape index (κ1) is 24.8. The van der Waals surface area contributed by atoms with Gasteiger partial charge in [0.05, 0.1) is 22.6 Å². The zero-order valence-corrected chi connectivity index (χ0v) is 20.6. The van der Waals surface area contributed by atoms with Gasteiger partial charge in [-0.15, -0.1) is 0 Å². The lowest BCUT2D eigenvalue weighted by Gasteiger charge is -2.23. The van der Waals surface area contributed by atoms with Crippen molar-refractivity contribution >= 4 is 33.9 Å². The summed E-state index contributed by atoms with van der Waals surface area (Å²) in [5, 5.41) is 3.29. The van der Waals surface area contributed by atoms with Crippen LogP contribution in [0.4, 0.5) is 40.6 Å². The molecule has 1 saturated heterocycles. The van der Waals surface area contributed by atoms with Gasteiger partial charge in [0.2, 0.25) is 5.95 Å². The zero-order valence-electron chi connectivity index (χ0n) is 20.6. The predicted molar refractivity (Wildman–Crippen MR) is 137 cm³/mol. The number of likely N-dealkylation sites (N-methyl/N-ethyl adjacent to an activating group) is 1. The summed E-state index contributed by atoms with van der Waals surface area (Å²) in [5.74, 6) is -0.560. The van der Waals surface area contributed by atoms with E-state index in [1.54, 1.807) is 25.2 Å². The zero-order chi connectivity index (χ0) is 26.5. The van der Waals surface area contributed by atoms with Gasteiger partial charge in [0.15, 0.2) is 0 Å². The number of aromatic nitrogens is 3. The molecule has 0 unspecified atom stereocenters. The van der Waals surface area contributed by atoms with Gasteiger partial charge in [-0.1, -0.05) is 12.1 Å². The van der Waals surface area contributed by atoms with Crippen LogP contribution in [0.15, 0.2) is 48.8 Å². The van der Waals surface area contributed by atoms with E-state index >= 15 is 0 Å². The number of aryl methyl sites for hydroxylation is 1. The molecule has 7 nitrogen and oxygen atoms in total. The van der Waals surface area contributed by atoms with Crippen LogP contribution < -0.4 is 16.0 Å². The Morgan fingerprint density at radius 1 is 1.16 bits per heavy atom. The van der Waals surface area contributed by atoms with Gasteiger partial charge in [-0.2, -0.15) is 13.2 Å². The lowest BCUT2D eigenvalue weighted by Crippen LogP contribution is -2.31. The van der Waals surface area contributed by atoms with Crippen molar-refractivity contribution in [2.24, 2.45) is 7.05 Å². The van der Waals surface area contributed by atoms with E-state index in [4.69, 9.17) is 5.73 Å². The number of rotatable bonds is 5. The van der Waals surface area contributed by atoms with E-state index in [9.17, 15) is 17.6 Å². The van der Waals surface area contributed by atoms with Crippen LogP contribution in [0.2, 0.25) is 0 Å². The molecule has 1 aliphatic heterocycles. The van der Waals surface area contributed by atoms with Crippen LogP contribution in [0.3, 0.4) is 0 Å². The number of para-hydroxylation sites is 1. The first-order valence-electron chi connectivity index (χ1n) is 11.8. The largest absolute Gasteiger partial charge is 0.419 e. The minimum absolute atomic E-state index is 0.0302. The highest BCUT2D eigenvalue weighted by Gasteiger charge is 2.36. The third-order valence-electron chi connectivity index (χ3n) is 6.82. The molecule has 5 rings (SSSR count). The van der Waals surface area contributed by atoms with Crippen LogP contribution in [-0.4, -0.2) is 52.7 Å². The minimum Gasteiger partial charge on any atom is -0.397 e. The number of nitrogens with two attached hydrogens (primary N) is 1. The predicted octanol–water partition coefficient (Wildman–Crippen LogP) is 5.26. The fourth-order valence-corrected chi connectivity index (χ4v) is 4.89. The summed E-state index contributed by atoms with van der Waals surface area (Å²) in [6.07, 6.45) is -1.48. The van der Waals surface area contributed by atoms with Crippen molar-refractivity contribution in [1.29, 1.82) is 0 Å². The van der Waals surface area contributed by atoms with Gasteiger partial charge in [0.25, 0.3) is 0 Å². The summed E-state index contributed by atoms with van der Waals surface area (Å²) in [4.78, 5) is 12.5. The number of hydrogen-bond acceptors (Lipinski definition) is 6. The van der Waals surface area contributed by atoms with E-state index in [1.807, 2.05) is 6.07 Å². The molecule has 0 spiro atoms. The van der Waals surface area contributed by atoms with E-state index < -0.39 is 17.6 Å². The lowest BCUT2D eigenvalue weighted by molar-refractivity contribution is -0.137. The van der Waals surface area contributed by atoms with Crippen LogP contribution in [0, 0.1) is 5.82 Å². The second-order valence-corrected chi connectivity index (χ2v) is 9.49. The molecule has 0 saturated carbocycles. The average molecular weight is 514 g/mol. The van der Waals surface area contributed by atoms with E-state index in [0.717, 1.165) is 31.4 Å². The van der Waals surface area contributed by atoms with Gasteiger partial charge < -0.3 is 25.4 Å². The summed E-state index contributed by atoms with van der Waals surface area (Å²) < 4.78 is 57.6. The normalized spacial score (nSPS) is 16.2. The van der Waals surface area contributed by atoms with Gasteiger partial charge >= 0.3 is 6.18 Å². The average Bonchev–Trinajstić information content (AvgIpc) is 3.44. The van der Waals surface area contributed by atoms with Crippen molar-refractivity contribution in [3.8, 4) is 11.3 Å². The van der Waals surface area contributed by atoms with Gasteiger partial charge in [0, 0.05) is 55.2 Å². The molecule has 3 heterocycles. The number of fused-ring (bicyclic) bond motifs is 1. The van der Waals surface area contributed by atoms with Crippen LogP contribution >= 0.6 is 0 Å². The number of nitrogen functional groups attached to an aromatic ring is 1. The molecule has 2 aromatic carbocycles. The number of alkyl halides is 3. The standard InChI is InChI=1S/C26H27F4N7/c1-35(2)16-9-10-37(13-16)22-8-7-15(11-21(22)31)33-25-32-12-19(26(28,29)30)23(34-25)18-14-36(3)24-17(18)5-4-6-20(24)27/h4-8,11-12,14,16H,9-10,13,31H2,1-3H3,(H,32,33,34)/t16-/m1/s1. The molecular weight excluding hydrogens is 486 g/mol. The quantitative estimate of drug-likeness (QED) is 0.280. The van der Waals surface area contributed by atoms with Crippen LogP contribution in [-0.2, 0) is 13.2 Å². The Morgan fingerprint density at radius 3 is 2.62 bits per heavy atom. The second-order valence-electron chi connectivity index (χ2n) is 9.49. The minimum atomic E-state index is -4.70. The molecule has 2 aromatic heterocycles. The third kappa shape index (κ3) is 4.66.